The van der Waals surface area contributed by atoms with E-state index in [1.165, 1.54) is 18.3 Å². The highest BCUT2D eigenvalue weighted by atomic mass is 19.1. The minimum atomic E-state index is -0.262. The van der Waals surface area contributed by atoms with Crippen LogP contribution in [0.4, 0.5) is 16.2 Å². The molecule has 9 nitrogen and oxygen atoms in total. The van der Waals surface area contributed by atoms with Crippen molar-refractivity contribution in [2.24, 2.45) is 0 Å². The topological polar surface area (TPSA) is 96.4 Å². The summed E-state index contributed by atoms with van der Waals surface area (Å²) in [4.78, 5) is 26.2. The first-order valence-electron chi connectivity index (χ1n) is 12.1. The second-order valence-corrected chi connectivity index (χ2v) is 8.96. The predicted molar refractivity (Wildman–Crippen MR) is 137 cm³/mol. The zero-order chi connectivity index (χ0) is 25.7. The Kier molecular flexibility index (Phi) is 8.04. The first-order chi connectivity index (χ1) is 17.4. The number of methoxy groups -OCH3 is 1. The first-order valence-corrected chi connectivity index (χ1v) is 12.1. The molecule has 190 valence electrons. The fraction of sp³-hybridized carbons (Fsp3) is 0.423. The Balaban J connectivity index is 1.40. The molecule has 0 aliphatic carbocycles. The van der Waals surface area contributed by atoms with E-state index in [0.29, 0.717) is 30.5 Å². The van der Waals surface area contributed by atoms with Crippen LogP contribution in [0.5, 0.6) is 0 Å². The fourth-order valence-corrected chi connectivity index (χ4v) is 4.54. The van der Waals surface area contributed by atoms with Crippen molar-refractivity contribution in [3.63, 3.8) is 0 Å². The normalized spacial score (nSPS) is 14.1. The number of aryl methyl sites for hydroxylation is 2. The second kappa shape index (κ2) is 11.4. The second-order valence-electron chi connectivity index (χ2n) is 8.96. The standard InChI is InChI=1S/C26H32FN7O2/c1-17-24(19-5-7-21(27)8-6-19)18(2)31-26(30-17)34-12-9-22(10-13-34)33(3)23-15-20(16-29-32-23)25(35)28-11-14-36-4/h5-8,15-16,22H,9-14H2,1-4H3,(H,28,35). The van der Waals surface area contributed by atoms with Crippen LogP contribution < -0.4 is 15.1 Å². The number of nitrogens with one attached hydrogen (secondary N) is 1. The molecule has 1 N–H and O–H groups in total. The van der Waals surface area contributed by atoms with Gasteiger partial charge in [-0.2, -0.15) is 5.10 Å². The summed E-state index contributed by atoms with van der Waals surface area (Å²) in [5.41, 5.74) is 4.08. The Bertz CT molecular complexity index is 1170. The van der Waals surface area contributed by atoms with Gasteiger partial charge in [-0.25, -0.2) is 14.4 Å². The molecule has 0 bridgehead atoms. The number of hydrogen-bond donors (Lipinski definition) is 1. The van der Waals surface area contributed by atoms with Crippen molar-refractivity contribution in [1.82, 2.24) is 25.5 Å². The summed E-state index contributed by atoms with van der Waals surface area (Å²) in [5, 5.41) is 11.1. The van der Waals surface area contributed by atoms with E-state index in [0.717, 1.165) is 48.4 Å². The molecule has 4 rings (SSSR count). The highest BCUT2D eigenvalue weighted by Crippen LogP contribution is 2.29. The van der Waals surface area contributed by atoms with Gasteiger partial charge in [0.05, 0.1) is 29.8 Å². The Hall–Kier alpha value is -3.66. The molecule has 0 spiro atoms. The summed E-state index contributed by atoms with van der Waals surface area (Å²) in [6.07, 6.45) is 3.26. The number of nitrogens with zero attached hydrogens (tertiary/aromatic N) is 6. The first kappa shape index (κ1) is 25.4. The molecule has 1 fully saturated rings. The zero-order valence-electron chi connectivity index (χ0n) is 21.2. The van der Waals surface area contributed by atoms with E-state index in [1.54, 1.807) is 25.3 Å². The van der Waals surface area contributed by atoms with Crippen LogP contribution in [0.1, 0.15) is 34.6 Å². The van der Waals surface area contributed by atoms with Gasteiger partial charge in [0.2, 0.25) is 5.95 Å². The molecular weight excluding hydrogens is 461 g/mol. The highest BCUT2D eigenvalue weighted by molar-refractivity contribution is 5.94. The van der Waals surface area contributed by atoms with Crippen molar-refractivity contribution in [3.05, 3.63) is 59.3 Å². The molecule has 0 saturated carbocycles. The quantitative estimate of drug-likeness (QED) is 0.478. The molecule has 3 aromatic rings. The molecule has 1 aliphatic heterocycles. The summed E-state index contributed by atoms with van der Waals surface area (Å²) in [6.45, 7) is 6.42. The molecule has 1 saturated heterocycles. The third-order valence-electron chi connectivity index (χ3n) is 6.54. The molecule has 1 aliphatic rings. The SMILES string of the molecule is COCCNC(=O)c1cnnc(N(C)C2CCN(c3nc(C)c(-c4ccc(F)cc4)c(C)n3)CC2)c1. The summed E-state index contributed by atoms with van der Waals surface area (Å²) < 4.78 is 18.3. The molecule has 0 unspecified atom stereocenters. The molecule has 36 heavy (non-hydrogen) atoms. The molecule has 1 amide bonds. The van der Waals surface area contributed by atoms with Crippen molar-refractivity contribution in [2.45, 2.75) is 32.7 Å². The number of carbonyl (C=O) groups is 1. The van der Waals surface area contributed by atoms with Crippen LogP contribution >= 0.6 is 0 Å². The maximum atomic E-state index is 13.3. The maximum Gasteiger partial charge on any atom is 0.253 e. The smallest absolute Gasteiger partial charge is 0.253 e. The summed E-state index contributed by atoms with van der Waals surface area (Å²) in [5.74, 6) is 0.923. The molecule has 0 radical (unpaired) electrons. The number of anilines is 2. The minimum absolute atomic E-state index is 0.196. The van der Waals surface area contributed by atoms with Crippen LogP contribution in [0.2, 0.25) is 0 Å². The van der Waals surface area contributed by atoms with Crippen molar-refractivity contribution in [3.8, 4) is 11.1 Å². The number of hydrogen-bond acceptors (Lipinski definition) is 8. The Morgan fingerprint density at radius 1 is 1.17 bits per heavy atom. The molecule has 0 atom stereocenters. The van der Waals surface area contributed by atoms with Crippen molar-refractivity contribution < 1.29 is 13.9 Å². The van der Waals surface area contributed by atoms with Crippen LogP contribution in [0, 0.1) is 19.7 Å². The van der Waals surface area contributed by atoms with Gasteiger partial charge in [-0.15, -0.1) is 5.10 Å². The Morgan fingerprint density at radius 2 is 1.83 bits per heavy atom. The lowest BCUT2D eigenvalue weighted by Crippen LogP contribution is -2.44. The van der Waals surface area contributed by atoms with E-state index in [2.05, 4.69) is 25.3 Å². The van der Waals surface area contributed by atoms with E-state index >= 15 is 0 Å². The van der Waals surface area contributed by atoms with Crippen LogP contribution in [0.25, 0.3) is 11.1 Å². The number of amides is 1. The van der Waals surface area contributed by atoms with Crippen LogP contribution in [-0.4, -0.2) is 72.5 Å². The number of ether oxygens (including phenoxy) is 1. The van der Waals surface area contributed by atoms with Crippen LogP contribution in [-0.2, 0) is 4.74 Å². The fourth-order valence-electron chi connectivity index (χ4n) is 4.54. The minimum Gasteiger partial charge on any atom is -0.383 e. The number of benzene rings is 1. The number of aromatic nitrogens is 4. The van der Waals surface area contributed by atoms with Crippen molar-refractivity contribution in [1.29, 1.82) is 0 Å². The van der Waals surface area contributed by atoms with E-state index in [4.69, 9.17) is 14.7 Å². The van der Waals surface area contributed by atoms with E-state index in [-0.39, 0.29) is 17.8 Å². The number of halogens is 1. The molecular formula is C26H32FN7O2. The number of rotatable bonds is 8. The van der Waals surface area contributed by atoms with Crippen molar-refractivity contribution in [2.75, 3.05) is 50.2 Å². The number of piperidine rings is 1. The lowest BCUT2D eigenvalue weighted by Gasteiger charge is -2.37. The Labute approximate surface area is 210 Å². The maximum absolute atomic E-state index is 13.3. The van der Waals surface area contributed by atoms with Gasteiger partial charge < -0.3 is 19.9 Å². The largest absolute Gasteiger partial charge is 0.383 e. The third kappa shape index (κ3) is 5.76. The lowest BCUT2D eigenvalue weighted by atomic mass is 10.0. The molecule has 3 heterocycles. The van der Waals surface area contributed by atoms with E-state index in [9.17, 15) is 9.18 Å². The van der Waals surface area contributed by atoms with Gasteiger partial charge in [0.15, 0.2) is 5.82 Å². The van der Waals surface area contributed by atoms with Gasteiger partial charge in [-0.3, -0.25) is 4.79 Å². The van der Waals surface area contributed by atoms with Crippen LogP contribution in [0.15, 0.2) is 36.5 Å². The summed E-state index contributed by atoms with van der Waals surface area (Å²) in [7, 11) is 3.58. The average molecular weight is 494 g/mol. The Morgan fingerprint density at radius 3 is 2.47 bits per heavy atom. The summed E-state index contributed by atoms with van der Waals surface area (Å²) in [6, 6.07) is 8.45. The van der Waals surface area contributed by atoms with Gasteiger partial charge in [0.1, 0.15) is 5.82 Å². The van der Waals surface area contributed by atoms with Gasteiger partial charge in [-0.05, 0) is 50.5 Å². The molecule has 1 aromatic carbocycles. The lowest BCUT2D eigenvalue weighted by molar-refractivity contribution is 0.0936. The van der Waals surface area contributed by atoms with Crippen LogP contribution in [0.3, 0.4) is 0 Å². The number of carbonyl (C=O) groups excluding carboxylic acids is 1. The summed E-state index contributed by atoms with van der Waals surface area (Å²) >= 11 is 0. The average Bonchev–Trinajstić information content (AvgIpc) is 2.89. The van der Waals surface area contributed by atoms with Crippen molar-refractivity contribution >= 4 is 17.7 Å². The van der Waals surface area contributed by atoms with Gasteiger partial charge in [-0.1, -0.05) is 12.1 Å². The van der Waals surface area contributed by atoms with Gasteiger partial charge in [0.25, 0.3) is 5.91 Å². The third-order valence-corrected chi connectivity index (χ3v) is 6.54. The van der Waals surface area contributed by atoms with Gasteiger partial charge in [0, 0.05) is 45.4 Å². The molecule has 2 aromatic heterocycles. The predicted octanol–water partition coefficient (Wildman–Crippen LogP) is 3.17. The molecule has 10 heteroatoms. The van der Waals surface area contributed by atoms with Gasteiger partial charge >= 0.3 is 0 Å². The highest BCUT2D eigenvalue weighted by Gasteiger charge is 2.26. The van der Waals surface area contributed by atoms with E-state index < -0.39 is 0 Å². The van der Waals surface area contributed by atoms with E-state index in [1.807, 2.05) is 20.9 Å². The zero-order valence-corrected chi connectivity index (χ0v) is 21.2. The monoisotopic (exact) mass is 493 g/mol.